The molecule has 1 aliphatic rings. The van der Waals surface area contributed by atoms with Crippen molar-refractivity contribution in [1.29, 1.82) is 0 Å². The summed E-state index contributed by atoms with van der Waals surface area (Å²) in [6, 6.07) is 22.2. The summed E-state index contributed by atoms with van der Waals surface area (Å²) in [4.78, 5) is 31.9. The zero-order valence-corrected chi connectivity index (χ0v) is 22.6. The van der Waals surface area contributed by atoms with Gasteiger partial charge in [0.1, 0.15) is 5.75 Å². The Morgan fingerprint density at radius 3 is 2.39 bits per heavy atom. The number of nitrogens with one attached hydrogen (secondary N) is 2. The van der Waals surface area contributed by atoms with Gasteiger partial charge in [0.2, 0.25) is 0 Å². The molecule has 1 heterocycles. The van der Waals surface area contributed by atoms with E-state index in [0.29, 0.717) is 34.3 Å². The molecule has 0 atom stereocenters. The Morgan fingerprint density at radius 2 is 1.68 bits per heavy atom. The van der Waals surface area contributed by atoms with Gasteiger partial charge in [0.15, 0.2) is 0 Å². The third kappa shape index (κ3) is 7.47. The molecule has 3 aromatic carbocycles. The van der Waals surface area contributed by atoms with Gasteiger partial charge >= 0.3 is 6.03 Å². The number of nitrogens with zero attached hydrogens (tertiary/aromatic N) is 3. The molecule has 8 nitrogen and oxygen atoms in total. The van der Waals surface area contributed by atoms with Crippen LogP contribution >= 0.6 is 11.6 Å². The second kappa shape index (κ2) is 13.3. The van der Waals surface area contributed by atoms with Crippen LogP contribution in [0.15, 0.2) is 72.8 Å². The van der Waals surface area contributed by atoms with Crippen LogP contribution in [0.3, 0.4) is 0 Å². The third-order valence-corrected chi connectivity index (χ3v) is 6.86. The Morgan fingerprint density at radius 1 is 0.947 bits per heavy atom. The largest absolute Gasteiger partial charge is 0.496 e. The first-order valence-electron chi connectivity index (χ1n) is 12.7. The van der Waals surface area contributed by atoms with Gasteiger partial charge in [-0.3, -0.25) is 19.5 Å². The van der Waals surface area contributed by atoms with Crippen molar-refractivity contribution in [2.45, 2.75) is 6.54 Å². The zero-order chi connectivity index (χ0) is 26.9. The van der Waals surface area contributed by atoms with Gasteiger partial charge < -0.3 is 15.4 Å². The van der Waals surface area contributed by atoms with Gasteiger partial charge in [-0.2, -0.15) is 0 Å². The first-order valence-corrected chi connectivity index (χ1v) is 13.1. The van der Waals surface area contributed by atoms with Crippen molar-refractivity contribution < 1.29 is 14.3 Å². The lowest BCUT2D eigenvalue weighted by Gasteiger charge is -2.34. The maximum atomic E-state index is 12.9. The van der Waals surface area contributed by atoms with E-state index in [1.54, 1.807) is 49.5 Å². The van der Waals surface area contributed by atoms with Crippen molar-refractivity contribution in [3.8, 4) is 5.75 Å². The smallest absolute Gasteiger partial charge is 0.326 e. The van der Waals surface area contributed by atoms with E-state index in [2.05, 4.69) is 44.7 Å². The number of halogens is 1. The molecular weight excluding hydrogens is 502 g/mol. The van der Waals surface area contributed by atoms with Crippen molar-refractivity contribution >= 4 is 34.9 Å². The maximum absolute atomic E-state index is 12.9. The molecule has 1 saturated heterocycles. The molecular formula is C29H34ClN5O3. The molecule has 200 valence electrons. The molecule has 3 amide bonds. The summed E-state index contributed by atoms with van der Waals surface area (Å²) < 4.78 is 5.48. The average Bonchev–Trinajstić information content (AvgIpc) is 2.93. The summed E-state index contributed by atoms with van der Waals surface area (Å²) in [5.74, 6) is 0.194. The summed E-state index contributed by atoms with van der Waals surface area (Å²) in [6.07, 6.45) is 0. The Hall–Kier alpha value is -3.59. The number of benzene rings is 3. The van der Waals surface area contributed by atoms with Gasteiger partial charge in [-0.15, -0.1) is 0 Å². The van der Waals surface area contributed by atoms with Gasteiger partial charge in [0.25, 0.3) is 5.91 Å². The van der Waals surface area contributed by atoms with Crippen LogP contribution in [0.2, 0.25) is 5.02 Å². The number of hydrogen-bond acceptors (Lipinski definition) is 5. The summed E-state index contributed by atoms with van der Waals surface area (Å²) in [5, 5.41) is 6.34. The Balaban J connectivity index is 1.25. The molecule has 0 aromatic heterocycles. The van der Waals surface area contributed by atoms with Crippen molar-refractivity contribution in [3.63, 3.8) is 0 Å². The van der Waals surface area contributed by atoms with Crippen LogP contribution in [0.25, 0.3) is 0 Å². The summed E-state index contributed by atoms with van der Waals surface area (Å²) >= 11 is 6.00. The molecule has 4 rings (SSSR count). The van der Waals surface area contributed by atoms with Gasteiger partial charge in [-0.25, -0.2) is 4.79 Å². The second-order valence-electron chi connectivity index (χ2n) is 9.24. The minimum atomic E-state index is -0.338. The molecule has 3 aromatic rings. The first kappa shape index (κ1) is 27.4. The predicted octanol–water partition coefficient (Wildman–Crippen LogP) is 4.56. The number of carbonyl (C=O) groups is 2. The number of amides is 3. The second-order valence-corrected chi connectivity index (χ2v) is 9.68. The van der Waals surface area contributed by atoms with E-state index >= 15 is 0 Å². The minimum absolute atomic E-state index is 0.206. The zero-order valence-electron chi connectivity index (χ0n) is 21.8. The Labute approximate surface area is 229 Å². The molecule has 38 heavy (non-hydrogen) atoms. The van der Waals surface area contributed by atoms with Crippen molar-refractivity contribution in [3.05, 3.63) is 88.9 Å². The number of hydrogen-bond donors (Lipinski definition) is 2. The normalized spacial score (nSPS) is 14.1. The van der Waals surface area contributed by atoms with Crippen LogP contribution in [0.5, 0.6) is 5.75 Å². The monoisotopic (exact) mass is 535 g/mol. The van der Waals surface area contributed by atoms with Crippen LogP contribution < -0.4 is 20.3 Å². The van der Waals surface area contributed by atoms with Crippen molar-refractivity contribution in [2.24, 2.45) is 0 Å². The summed E-state index contributed by atoms with van der Waals surface area (Å²) in [7, 11) is 3.16. The van der Waals surface area contributed by atoms with Crippen LogP contribution in [-0.4, -0.2) is 75.2 Å². The summed E-state index contributed by atoms with van der Waals surface area (Å²) in [5.41, 5.74) is 2.94. The quantitative estimate of drug-likeness (QED) is 0.420. The van der Waals surface area contributed by atoms with E-state index in [1.807, 2.05) is 6.07 Å². The lowest BCUT2D eigenvalue weighted by Crippen LogP contribution is -2.48. The lowest BCUT2D eigenvalue weighted by atomic mass is 10.1. The van der Waals surface area contributed by atoms with Gasteiger partial charge in [-0.05, 0) is 35.9 Å². The molecule has 0 radical (unpaired) electrons. The highest BCUT2D eigenvalue weighted by molar-refractivity contribution is 6.30. The number of methoxy groups -OCH3 is 1. The molecule has 0 saturated carbocycles. The number of piperazine rings is 1. The molecule has 1 fully saturated rings. The van der Waals surface area contributed by atoms with Crippen LogP contribution in [0, 0.1) is 0 Å². The Kier molecular flexibility index (Phi) is 9.59. The van der Waals surface area contributed by atoms with E-state index in [0.717, 1.165) is 39.3 Å². The molecule has 0 unspecified atom stereocenters. The van der Waals surface area contributed by atoms with E-state index in [9.17, 15) is 9.59 Å². The third-order valence-electron chi connectivity index (χ3n) is 6.63. The predicted molar refractivity (Wildman–Crippen MR) is 152 cm³/mol. The standard InChI is InChI=1S/C29H34ClN5O3/c1-33(29(37)32-24-10-6-9-23(30)19-24)25-11-12-26(27(20-25)38-2)28(36)31-13-14-34-15-17-35(18-16-34)21-22-7-4-3-5-8-22/h3-12,19-20H,13-18,21H2,1-2H3,(H,31,36)(H,32,37). The highest BCUT2D eigenvalue weighted by Gasteiger charge is 2.19. The van der Waals surface area contributed by atoms with Gasteiger partial charge in [-0.1, -0.05) is 48.0 Å². The van der Waals surface area contributed by atoms with Crippen LogP contribution in [0.1, 0.15) is 15.9 Å². The molecule has 0 bridgehead atoms. The van der Waals surface area contributed by atoms with E-state index in [1.165, 1.54) is 17.6 Å². The molecule has 0 spiro atoms. The Bertz CT molecular complexity index is 1230. The average molecular weight is 536 g/mol. The van der Waals surface area contributed by atoms with Gasteiger partial charge in [0, 0.05) is 75.3 Å². The number of urea groups is 1. The molecule has 1 aliphatic heterocycles. The first-order chi connectivity index (χ1) is 18.4. The highest BCUT2D eigenvalue weighted by atomic mass is 35.5. The molecule has 9 heteroatoms. The fourth-order valence-electron chi connectivity index (χ4n) is 4.40. The van der Waals surface area contributed by atoms with E-state index < -0.39 is 0 Å². The van der Waals surface area contributed by atoms with Crippen LogP contribution in [0.4, 0.5) is 16.2 Å². The number of ether oxygens (including phenoxy) is 1. The van der Waals surface area contributed by atoms with Crippen LogP contribution in [-0.2, 0) is 6.54 Å². The van der Waals surface area contributed by atoms with E-state index in [-0.39, 0.29) is 11.9 Å². The molecule has 2 N–H and O–H groups in total. The number of rotatable bonds is 9. The van der Waals surface area contributed by atoms with E-state index in [4.69, 9.17) is 16.3 Å². The number of carbonyl (C=O) groups excluding carboxylic acids is 2. The van der Waals surface area contributed by atoms with Gasteiger partial charge in [0.05, 0.1) is 12.7 Å². The SMILES string of the molecule is COc1cc(N(C)C(=O)Nc2cccc(Cl)c2)ccc1C(=O)NCCN1CCN(Cc2ccccc2)CC1. The minimum Gasteiger partial charge on any atom is -0.496 e. The maximum Gasteiger partial charge on any atom is 0.326 e. The number of anilines is 2. The topological polar surface area (TPSA) is 77.1 Å². The summed E-state index contributed by atoms with van der Waals surface area (Å²) in [6.45, 7) is 6.28. The van der Waals surface area contributed by atoms with Crippen molar-refractivity contribution in [2.75, 3.05) is 63.6 Å². The van der Waals surface area contributed by atoms with Crippen molar-refractivity contribution in [1.82, 2.24) is 15.1 Å². The molecule has 0 aliphatic carbocycles. The highest BCUT2D eigenvalue weighted by Crippen LogP contribution is 2.26. The fourth-order valence-corrected chi connectivity index (χ4v) is 4.59. The fraction of sp³-hybridized carbons (Fsp3) is 0.310. The lowest BCUT2D eigenvalue weighted by molar-refractivity contribution is 0.0931.